The minimum absolute atomic E-state index is 0.0954. The molecular weight excluding hydrogens is 374 g/mol. The van der Waals surface area contributed by atoms with Crippen LogP contribution < -0.4 is 9.80 Å². The summed E-state index contributed by atoms with van der Waals surface area (Å²) in [5, 5.41) is 0. The molecule has 9 nitrogen and oxygen atoms in total. The standard InChI is InChI=1S/C20H23N5O4/c1-15(26)25(17-6-3-5-16(13-17)19(28)29-2)14-18(27)23-9-11-24(12-10-23)20-21-7-4-8-22-20/h3-8,13H,9-12,14H2,1-2H3. The van der Waals surface area contributed by atoms with Crippen molar-refractivity contribution in [2.45, 2.75) is 6.92 Å². The number of ether oxygens (including phenoxy) is 1. The fourth-order valence-electron chi connectivity index (χ4n) is 3.15. The Morgan fingerprint density at radius 1 is 1.07 bits per heavy atom. The Balaban J connectivity index is 1.65. The maximum atomic E-state index is 12.8. The van der Waals surface area contributed by atoms with Crippen molar-refractivity contribution in [1.29, 1.82) is 0 Å². The maximum absolute atomic E-state index is 12.8. The Kier molecular flexibility index (Phi) is 6.38. The second-order valence-corrected chi connectivity index (χ2v) is 6.56. The van der Waals surface area contributed by atoms with E-state index in [-0.39, 0.29) is 18.4 Å². The lowest BCUT2D eigenvalue weighted by molar-refractivity contribution is -0.131. The smallest absolute Gasteiger partial charge is 0.337 e. The number of methoxy groups -OCH3 is 1. The minimum Gasteiger partial charge on any atom is -0.465 e. The molecule has 0 radical (unpaired) electrons. The summed E-state index contributed by atoms with van der Waals surface area (Å²) in [7, 11) is 1.29. The van der Waals surface area contributed by atoms with Crippen LogP contribution in [0.15, 0.2) is 42.7 Å². The number of hydrogen-bond acceptors (Lipinski definition) is 7. The van der Waals surface area contributed by atoms with E-state index in [0.717, 1.165) is 0 Å². The van der Waals surface area contributed by atoms with Crippen LogP contribution in [0.1, 0.15) is 17.3 Å². The van der Waals surface area contributed by atoms with Crippen molar-refractivity contribution in [2.24, 2.45) is 0 Å². The first-order chi connectivity index (χ1) is 14.0. The van der Waals surface area contributed by atoms with E-state index in [2.05, 4.69) is 9.97 Å². The van der Waals surface area contributed by atoms with Gasteiger partial charge in [-0.05, 0) is 24.3 Å². The molecule has 9 heteroatoms. The van der Waals surface area contributed by atoms with E-state index in [4.69, 9.17) is 4.74 Å². The predicted octanol–water partition coefficient (Wildman–Crippen LogP) is 0.965. The number of hydrogen-bond donors (Lipinski definition) is 0. The van der Waals surface area contributed by atoms with Crippen LogP contribution in [0.2, 0.25) is 0 Å². The molecule has 1 aromatic heterocycles. The molecule has 0 aliphatic carbocycles. The fraction of sp³-hybridized carbons (Fsp3) is 0.350. The lowest BCUT2D eigenvalue weighted by Crippen LogP contribution is -2.52. The lowest BCUT2D eigenvalue weighted by Gasteiger charge is -2.35. The van der Waals surface area contributed by atoms with E-state index in [1.165, 1.54) is 18.9 Å². The zero-order valence-electron chi connectivity index (χ0n) is 16.4. The number of carbonyl (C=O) groups excluding carboxylic acids is 3. The Hall–Kier alpha value is -3.49. The molecule has 0 N–H and O–H groups in total. The summed E-state index contributed by atoms with van der Waals surface area (Å²) in [6.07, 6.45) is 3.38. The highest BCUT2D eigenvalue weighted by molar-refractivity contribution is 5.99. The molecule has 2 aromatic rings. The van der Waals surface area contributed by atoms with Crippen LogP contribution in [0.4, 0.5) is 11.6 Å². The van der Waals surface area contributed by atoms with Crippen LogP contribution in [0.5, 0.6) is 0 Å². The maximum Gasteiger partial charge on any atom is 0.337 e. The first kappa shape index (κ1) is 20.2. The van der Waals surface area contributed by atoms with Gasteiger partial charge < -0.3 is 19.4 Å². The molecule has 0 bridgehead atoms. The number of rotatable bonds is 5. The van der Waals surface area contributed by atoms with E-state index < -0.39 is 5.97 Å². The third kappa shape index (κ3) is 4.87. The quantitative estimate of drug-likeness (QED) is 0.694. The average Bonchev–Trinajstić information content (AvgIpc) is 2.77. The van der Waals surface area contributed by atoms with Crippen LogP contribution >= 0.6 is 0 Å². The normalized spacial score (nSPS) is 13.7. The molecule has 0 saturated carbocycles. The number of benzene rings is 1. The number of nitrogens with zero attached hydrogens (tertiary/aromatic N) is 5. The SMILES string of the molecule is COC(=O)c1cccc(N(CC(=O)N2CCN(c3ncccn3)CC2)C(C)=O)c1. The summed E-state index contributed by atoms with van der Waals surface area (Å²) in [5.41, 5.74) is 0.797. The first-order valence-electron chi connectivity index (χ1n) is 9.26. The van der Waals surface area contributed by atoms with Crippen LogP contribution in [-0.2, 0) is 14.3 Å². The van der Waals surface area contributed by atoms with E-state index in [1.54, 1.807) is 47.6 Å². The van der Waals surface area contributed by atoms with E-state index >= 15 is 0 Å². The van der Waals surface area contributed by atoms with Gasteiger partial charge >= 0.3 is 5.97 Å². The van der Waals surface area contributed by atoms with Gasteiger partial charge in [0, 0.05) is 51.2 Å². The van der Waals surface area contributed by atoms with Crippen LogP contribution in [-0.4, -0.2) is 72.5 Å². The Morgan fingerprint density at radius 3 is 2.38 bits per heavy atom. The van der Waals surface area contributed by atoms with Crippen molar-refractivity contribution >= 4 is 29.4 Å². The minimum atomic E-state index is -0.499. The molecule has 1 aromatic carbocycles. The van der Waals surface area contributed by atoms with Crippen LogP contribution in [0, 0.1) is 0 Å². The highest BCUT2D eigenvalue weighted by Gasteiger charge is 2.25. The van der Waals surface area contributed by atoms with Gasteiger partial charge in [-0.25, -0.2) is 14.8 Å². The third-order valence-corrected chi connectivity index (χ3v) is 4.72. The Morgan fingerprint density at radius 2 is 1.76 bits per heavy atom. The van der Waals surface area contributed by atoms with Gasteiger partial charge in [0.25, 0.3) is 0 Å². The number of anilines is 2. The van der Waals surface area contributed by atoms with Crippen molar-refractivity contribution in [3.63, 3.8) is 0 Å². The van der Waals surface area contributed by atoms with Crippen LogP contribution in [0.25, 0.3) is 0 Å². The average molecular weight is 397 g/mol. The van der Waals surface area contributed by atoms with E-state index in [9.17, 15) is 14.4 Å². The second-order valence-electron chi connectivity index (χ2n) is 6.56. The molecule has 1 aliphatic rings. The summed E-state index contributed by atoms with van der Waals surface area (Å²) in [6, 6.07) is 8.24. The fourth-order valence-corrected chi connectivity index (χ4v) is 3.15. The summed E-state index contributed by atoms with van der Waals surface area (Å²) < 4.78 is 4.72. The number of piperazine rings is 1. The van der Waals surface area contributed by atoms with Crippen molar-refractivity contribution < 1.29 is 19.1 Å². The summed E-state index contributed by atoms with van der Waals surface area (Å²) in [4.78, 5) is 50.3. The van der Waals surface area contributed by atoms with Crippen molar-refractivity contribution in [2.75, 3.05) is 49.6 Å². The molecule has 2 amide bonds. The molecule has 29 heavy (non-hydrogen) atoms. The summed E-state index contributed by atoms with van der Waals surface area (Å²) in [6.45, 7) is 3.57. The molecular formula is C20H23N5O4. The monoisotopic (exact) mass is 397 g/mol. The molecule has 0 unspecified atom stereocenters. The van der Waals surface area contributed by atoms with Gasteiger partial charge in [-0.2, -0.15) is 0 Å². The van der Waals surface area contributed by atoms with Crippen molar-refractivity contribution in [3.8, 4) is 0 Å². The third-order valence-electron chi connectivity index (χ3n) is 4.72. The Bertz CT molecular complexity index is 881. The van der Waals surface area contributed by atoms with Gasteiger partial charge in [-0.1, -0.05) is 6.07 Å². The van der Waals surface area contributed by atoms with E-state index in [0.29, 0.717) is 43.4 Å². The van der Waals surface area contributed by atoms with Gasteiger partial charge in [0.05, 0.1) is 12.7 Å². The van der Waals surface area contributed by atoms with Crippen molar-refractivity contribution in [1.82, 2.24) is 14.9 Å². The molecule has 0 atom stereocenters. The number of esters is 1. The summed E-state index contributed by atoms with van der Waals surface area (Å²) >= 11 is 0. The van der Waals surface area contributed by atoms with Gasteiger partial charge in [0.2, 0.25) is 17.8 Å². The molecule has 0 spiro atoms. The number of amides is 2. The second kappa shape index (κ2) is 9.13. The topological polar surface area (TPSA) is 95.9 Å². The highest BCUT2D eigenvalue weighted by atomic mass is 16.5. The summed E-state index contributed by atoms with van der Waals surface area (Å²) in [5.74, 6) is -0.292. The molecule has 152 valence electrons. The molecule has 1 aliphatic heterocycles. The Labute approximate surface area is 168 Å². The largest absolute Gasteiger partial charge is 0.465 e. The predicted molar refractivity (Wildman–Crippen MR) is 107 cm³/mol. The van der Waals surface area contributed by atoms with Gasteiger partial charge in [0.15, 0.2) is 0 Å². The van der Waals surface area contributed by atoms with Crippen molar-refractivity contribution in [3.05, 3.63) is 48.3 Å². The van der Waals surface area contributed by atoms with Gasteiger partial charge in [0.1, 0.15) is 6.54 Å². The lowest BCUT2D eigenvalue weighted by atomic mass is 10.2. The van der Waals surface area contributed by atoms with Gasteiger partial charge in [-0.3, -0.25) is 9.59 Å². The molecule has 3 rings (SSSR count). The molecule has 1 saturated heterocycles. The number of carbonyl (C=O) groups is 3. The van der Waals surface area contributed by atoms with E-state index in [1.807, 2.05) is 4.90 Å². The van der Waals surface area contributed by atoms with Gasteiger partial charge in [-0.15, -0.1) is 0 Å². The molecule has 2 heterocycles. The zero-order valence-corrected chi connectivity index (χ0v) is 16.4. The molecule has 1 fully saturated rings. The van der Waals surface area contributed by atoms with Crippen LogP contribution in [0.3, 0.4) is 0 Å². The zero-order chi connectivity index (χ0) is 20.8. The highest BCUT2D eigenvalue weighted by Crippen LogP contribution is 2.18. The first-order valence-corrected chi connectivity index (χ1v) is 9.26. The number of aromatic nitrogens is 2.